The fraction of sp³-hybridized carbons (Fsp3) is 0.739. The molecule has 0 aliphatic carbocycles. The molecule has 0 aromatic heterocycles. The van der Waals surface area contributed by atoms with Crippen molar-refractivity contribution in [1.29, 1.82) is 0 Å². The van der Waals surface area contributed by atoms with E-state index in [2.05, 4.69) is 6.92 Å². The van der Waals surface area contributed by atoms with Crippen molar-refractivity contribution in [1.82, 2.24) is 0 Å². The van der Waals surface area contributed by atoms with Gasteiger partial charge in [-0.25, -0.2) is 0 Å². The summed E-state index contributed by atoms with van der Waals surface area (Å²) in [5.74, 6) is -0.276. The summed E-state index contributed by atoms with van der Waals surface area (Å²) in [6, 6.07) is 7.54. The largest absolute Gasteiger partial charge is 0.285 e. The van der Waals surface area contributed by atoms with Crippen molar-refractivity contribution < 1.29 is 13.0 Å². The molecule has 0 saturated heterocycles. The van der Waals surface area contributed by atoms with Crippen molar-refractivity contribution in [3.8, 4) is 0 Å². The first-order valence-electron chi connectivity index (χ1n) is 11.0. The van der Waals surface area contributed by atoms with E-state index >= 15 is 0 Å². The molecule has 0 saturated carbocycles. The molecule has 0 spiro atoms. The van der Waals surface area contributed by atoms with Crippen LogP contribution in [0, 0.1) is 0 Å². The van der Waals surface area contributed by atoms with E-state index in [0.717, 1.165) is 24.0 Å². The summed E-state index contributed by atoms with van der Waals surface area (Å²) in [5, 5.41) is 0. The normalized spacial score (nSPS) is 11.8. The highest BCUT2D eigenvalue weighted by molar-refractivity contribution is 7.85. The highest BCUT2D eigenvalue weighted by Gasteiger charge is 2.10. The minimum Gasteiger partial charge on any atom is -0.285 e. The molecule has 1 N–H and O–H groups in total. The third-order valence-electron chi connectivity index (χ3n) is 5.26. The molecule has 0 amide bonds. The zero-order valence-corrected chi connectivity index (χ0v) is 18.1. The summed E-state index contributed by atoms with van der Waals surface area (Å²) in [7, 11) is -3.96. The van der Waals surface area contributed by atoms with Crippen molar-refractivity contribution in [2.24, 2.45) is 0 Å². The van der Waals surface area contributed by atoms with Crippen LogP contribution in [-0.2, 0) is 22.3 Å². The minimum atomic E-state index is -3.96. The Hall–Kier alpha value is -0.870. The van der Waals surface area contributed by atoms with Crippen LogP contribution in [-0.4, -0.2) is 13.0 Å². The molecule has 1 aromatic carbocycles. The predicted molar refractivity (Wildman–Crippen MR) is 116 cm³/mol. The first-order chi connectivity index (χ1) is 13.0. The lowest BCUT2D eigenvalue weighted by Gasteiger charge is -2.08. The average molecular weight is 397 g/mol. The molecule has 1 aromatic rings. The summed E-state index contributed by atoms with van der Waals surface area (Å²) >= 11 is 0. The molecular weight excluding hydrogens is 356 g/mol. The third kappa shape index (κ3) is 13.9. The summed E-state index contributed by atoms with van der Waals surface area (Å²) in [6.45, 7) is 2.27. The third-order valence-corrected chi connectivity index (χ3v) is 5.93. The first kappa shape index (κ1) is 24.2. The Bertz CT molecular complexity index is 581. The van der Waals surface area contributed by atoms with Crippen LogP contribution < -0.4 is 0 Å². The quantitative estimate of drug-likeness (QED) is 0.226. The smallest absolute Gasteiger partial charge is 0.269 e. The van der Waals surface area contributed by atoms with E-state index in [4.69, 9.17) is 4.55 Å². The molecule has 0 unspecified atom stereocenters. The minimum absolute atomic E-state index is 0.276. The lowest BCUT2D eigenvalue weighted by molar-refractivity contribution is 0.482. The predicted octanol–water partition coefficient (Wildman–Crippen LogP) is 7.10. The second kappa shape index (κ2) is 15.1. The molecule has 1 rings (SSSR count). The van der Waals surface area contributed by atoms with Crippen molar-refractivity contribution in [2.45, 2.75) is 109 Å². The monoisotopic (exact) mass is 396 g/mol. The molecule has 27 heavy (non-hydrogen) atoms. The van der Waals surface area contributed by atoms with Crippen LogP contribution in [0.4, 0.5) is 0 Å². The SMILES string of the molecule is CCCCCCCCCCCCCCCCc1ccccc1CS(=O)(=O)O. The van der Waals surface area contributed by atoms with Crippen LogP contribution >= 0.6 is 0 Å². The van der Waals surface area contributed by atoms with Gasteiger partial charge in [-0.3, -0.25) is 4.55 Å². The van der Waals surface area contributed by atoms with Crippen LogP contribution in [0.5, 0.6) is 0 Å². The number of aryl methyl sites for hydroxylation is 1. The lowest BCUT2D eigenvalue weighted by atomic mass is 10.0. The highest BCUT2D eigenvalue weighted by Crippen LogP contribution is 2.17. The van der Waals surface area contributed by atoms with Gasteiger partial charge in [0.2, 0.25) is 0 Å². The maximum atomic E-state index is 11.1. The van der Waals surface area contributed by atoms with E-state index in [1.807, 2.05) is 18.2 Å². The van der Waals surface area contributed by atoms with Crippen molar-refractivity contribution >= 4 is 10.1 Å². The van der Waals surface area contributed by atoms with Crippen molar-refractivity contribution in [3.05, 3.63) is 35.4 Å². The molecule has 0 aliphatic rings. The van der Waals surface area contributed by atoms with E-state index in [9.17, 15) is 8.42 Å². The second-order valence-electron chi connectivity index (χ2n) is 7.84. The number of unbranched alkanes of at least 4 members (excludes halogenated alkanes) is 13. The van der Waals surface area contributed by atoms with E-state index in [1.165, 1.54) is 83.5 Å². The van der Waals surface area contributed by atoms with E-state index < -0.39 is 10.1 Å². The average Bonchev–Trinajstić information content (AvgIpc) is 2.62. The van der Waals surface area contributed by atoms with Crippen LogP contribution in [0.2, 0.25) is 0 Å². The van der Waals surface area contributed by atoms with Gasteiger partial charge in [-0.2, -0.15) is 8.42 Å². The van der Waals surface area contributed by atoms with Gasteiger partial charge >= 0.3 is 0 Å². The Morgan fingerprint density at radius 2 is 1.07 bits per heavy atom. The summed E-state index contributed by atoms with van der Waals surface area (Å²) in [4.78, 5) is 0. The van der Waals surface area contributed by atoms with E-state index in [1.54, 1.807) is 6.07 Å². The van der Waals surface area contributed by atoms with Crippen LogP contribution in [0.25, 0.3) is 0 Å². The first-order valence-corrected chi connectivity index (χ1v) is 12.7. The highest BCUT2D eigenvalue weighted by atomic mass is 32.2. The van der Waals surface area contributed by atoms with Gasteiger partial charge in [0.05, 0.1) is 0 Å². The Morgan fingerprint density at radius 3 is 1.52 bits per heavy atom. The van der Waals surface area contributed by atoms with Gasteiger partial charge in [-0.1, -0.05) is 115 Å². The molecule has 0 radical (unpaired) electrons. The zero-order valence-electron chi connectivity index (χ0n) is 17.3. The molecule has 0 aliphatic heterocycles. The molecule has 0 heterocycles. The maximum absolute atomic E-state index is 11.1. The van der Waals surface area contributed by atoms with Gasteiger partial charge in [0.15, 0.2) is 0 Å². The van der Waals surface area contributed by atoms with Gasteiger partial charge in [0.1, 0.15) is 5.75 Å². The number of hydrogen-bond donors (Lipinski definition) is 1. The fourth-order valence-electron chi connectivity index (χ4n) is 3.65. The molecule has 3 nitrogen and oxygen atoms in total. The number of benzene rings is 1. The standard InChI is InChI=1S/C23H40O3S/c1-2-3-4-5-6-7-8-9-10-11-12-13-14-15-18-22-19-16-17-20-23(22)21-27(24,25)26/h16-17,19-20H,2-15,18,21H2,1H3,(H,24,25,26). The molecule has 0 fully saturated rings. The van der Waals surface area contributed by atoms with Crippen LogP contribution in [0.1, 0.15) is 108 Å². The number of rotatable bonds is 17. The van der Waals surface area contributed by atoms with Crippen molar-refractivity contribution in [2.75, 3.05) is 0 Å². The molecule has 156 valence electrons. The van der Waals surface area contributed by atoms with Gasteiger partial charge in [-0.15, -0.1) is 0 Å². The zero-order chi connectivity index (χ0) is 19.8. The Morgan fingerprint density at radius 1 is 0.667 bits per heavy atom. The number of hydrogen-bond acceptors (Lipinski definition) is 2. The molecule has 0 atom stereocenters. The Labute approximate surface area is 167 Å². The van der Waals surface area contributed by atoms with Crippen LogP contribution in [0.3, 0.4) is 0 Å². The van der Waals surface area contributed by atoms with Crippen LogP contribution in [0.15, 0.2) is 24.3 Å². The van der Waals surface area contributed by atoms with E-state index in [0.29, 0.717) is 0 Å². The van der Waals surface area contributed by atoms with Gasteiger partial charge in [-0.05, 0) is 24.0 Å². The Balaban J connectivity index is 1.99. The van der Waals surface area contributed by atoms with E-state index in [-0.39, 0.29) is 5.75 Å². The summed E-state index contributed by atoms with van der Waals surface area (Å²) in [6.07, 6.45) is 19.6. The molecule has 4 heteroatoms. The maximum Gasteiger partial charge on any atom is 0.269 e. The topological polar surface area (TPSA) is 54.4 Å². The lowest BCUT2D eigenvalue weighted by Crippen LogP contribution is -2.04. The van der Waals surface area contributed by atoms with Crippen molar-refractivity contribution in [3.63, 3.8) is 0 Å². The Kier molecular flexibility index (Phi) is 13.5. The summed E-state index contributed by atoms with van der Waals surface area (Å²) in [5.41, 5.74) is 1.78. The summed E-state index contributed by atoms with van der Waals surface area (Å²) < 4.78 is 31.3. The fourth-order valence-corrected chi connectivity index (χ4v) is 4.32. The van der Waals surface area contributed by atoms with Gasteiger partial charge in [0, 0.05) is 0 Å². The molecular formula is C23H40O3S. The van der Waals surface area contributed by atoms with Gasteiger partial charge < -0.3 is 0 Å². The molecule has 0 bridgehead atoms. The second-order valence-corrected chi connectivity index (χ2v) is 9.29. The van der Waals surface area contributed by atoms with Gasteiger partial charge in [0.25, 0.3) is 10.1 Å².